The van der Waals surface area contributed by atoms with Crippen LogP contribution < -0.4 is 11.1 Å². The minimum Gasteiger partial charge on any atom is -0.366 e. The second-order valence-electron chi connectivity index (χ2n) is 5.88. The quantitative estimate of drug-likeness (QED) is 0.583. The second-order valence-corrected chi connectivity index (χ2v) is 5.88. The summed E-state index contributed by atoms with van der Waals surface area (Å²) < 4.78 is 1.70. The highest BCUT2D eigenvalue weighted by Crippen LogP contribution is 2.21. The number of fused-ring (bicyclic) bond motifs is 1. The van der Waals surface area contributed by atoms with Crippen molar-refractivity contribution in [1.29, 1.82) is 0 Å². The van der Waals surface area contributed by atoms with Crippen molar-refractivity contribution in [3.8, 4) is 5.82 Å². The summed E-state index contributed by atoms with van der Waals surface area (Å²) in [5.41, 5.74) is 7.86. The second kappa shape index (κ2) is 6.68. The molecule has 0 bridgehead atoms. The number of hydrogen-bond acceptors (Lipinski definition) is 4. The number of nitrogens with zero attached hydrogens (tertiary/aromatic N) is 3. The van der Waals surface area contributed by atoms with Crippen LogP contribution in [0.15, 0.2) is 72.9 Å². The lowest BCUT2D eigenvalue weighted by atomic mass is 10.1. The molecule has 0 spiro atoms. The predicted molar refractivity (Wildman–Crippen MR) is 101 cm³/mol. The number of primary amides is 1. The van der Waals surface area contributed by atoms with Crippen molar-refractivity contribution in [2.45, 2.75) is 6.54 Å². The summed E-state index contributed by atoms with van der Waals surface area (Å²) in [5, 5.41) is 8.41. The first kappa shape index (κ1) is 15.8. The molecule has 0 aliphatic carbocycles. The molecule has 0 radical (unpaired) electrons. The van der Waals surface area contributed by atoms with E-state index in [1.807, 2.05) is 42.5 Å². The van der Waals surface area contributed by atoms with Crippen molar-refractivity contribution in [3.63, 3.8) is 0 Å². The third-order valence-corrected chi connectivity index (χ3v) is 4.15. The van der Waals surface area contributed by atoms with Gasteiger partial charge in [-0.15, -0.1) is 0 Å². The molecule has 0 saturated carbocycles. The fourth-order valence-corrected chi connectivity index (χ4v) is 2.88. The molecule has 6 heteroatoms. The van der Waals surface area contributed by atoms with Gasteiger partial charge in [0.1, 0.15) is 5.82 Å². The van der Waals surface area contributed by atoms with Gasteiger partial charge in [-0.05, 0) is 29.8 Å². The van der Waals surface area contributed by atoms with Gasteiger partial charge in [0, 0.05) is 11.9 Å². The number of amides is 1. The molecule has 0 aliphatic heterocycles. The van der Waals surface area contributed by atoms with Crippen molar-refractivity contribution in [3.05, 3.63) is 84.1 Å². The van der Waals surface area contributed by atoms with E-state index in [-0.39, 0.29) is 0 Å². The first-order chi connectivity index (χ1) is 12.7. The first-order valence-electron chi connectivity index (χ1n) is 8.24. The van der Waals surface area contributed by atoms with Gasteiger partial charge in [-0.3, -0.25) is 4.79 Å². The number of hydrogen-bond donors (Lipinski definition) is 2. The van der Waals surface area contributed by atoms with Crippen molar-refractivity contribution in [1.82, 2.24) is 14.8 Å². The molecule has 0 unspecified atom stereocenters. The molecule has 4 aromatic rings. The average Bonchev–Trinajstić information content (AvgIpc) is 3.11. The Morgan fingerprint density at radius 3 is 2.62 bits per heavy atom. The molecule has 3 N–H and O–H groups in total. The zero-order valence-corrected chi connectivity index (χ0v) is 14.0. The fourth-order valence-electron chi connectivity index (χ4n) is 2.88. The molecule has 0 fully saturated rings. The molecule has 1 amide bonds. The molecular formula is C20H17N5O. The Morgan fingerprint density at radius 2 is 1.81 bits per heavy atom. The highest BCUT2D eigenvalue weighted by atomic mass is 16.1. The van der Waals surface area contributed by atoms with E-state index in [4.69, 9.17) is 5.73 Å². The zero-order chi connectivity index (χ0) is 17.9. The molecule has 0 saturated heterocycles. The van der Waals surface area contributed by atoms with Gasteiger partial charge in [-0.25, -0.2) is 9.67 Å². The molecule has 128 valence electrons. The van der Waals surface area contributed by atoms with E-state index < -0.39 is 5.91 Å². The van der Waals surface area contributed by atoms with Crippen LogP contribution in [0, 0.1) is 0 Å². The van der Waals surface area contributed by atoms with Gasteiger partial charge >= 0.3 is 0 Å². The molecular weight excluding hydrogens is 326 g/mol. The van der Waals surface area contributed by atoms with Crippen LogP contribution in [0.25, 0.3) is 16.7 Å². The smallest absolute Gasteiger partial charge is 0.249 e. The van der Waals surface area contributed by atoms with Crippen molar-refractivity contribution < 1.29 is 4.79 Å². The van der Waals surface area contributed by atoms with Gasteiger partial charge in [-0.2, -0.15) is 5.10 Å². The Bertz CT molecular complexity index is 1070. The van der Waals surface area contributed by atoms with Crippen LogP contribution in [-0.2, 0) is 6.54 Å². The summed E-state index contributed by atoms with van der Waals surface area (Å²) in [5.74, 6) is 0.946. The minimum atomic E-state index is -0.471. The van der Waals surface area contributed by atoms with Crippen molar-refractivity contribution >= 4 is 22.6 Å². The summed E-state index contributed by atoms with van der Waals surface area (Å²) in [4.78, 5) is 16.2. The van der Waals surface area contributed by atoms with E-state index >= 15 is 0 Å². The Kier molecular flexibility index (Phi) is 4.07. The summed E-state index contributed by atoms with van der Waals surface area (Å²) >= 11 is 0. The van der Waals surface area contributed by atoms with Crippen molar-refractivity contribution in [2.24, 2.45) is 5.73 Å². The normalized spacial score (nSPS) is 10.8. The molecule has 0 aliphatic rings. The SMILES string of the molecule is NC(=O)c1cccc2c1cnn2-c1cccc(NCc2ccccc2)n1. The number of nitrogens with one attached hydrogen (secondary N) is 1. The lowest BCUT2D eigenvalue weighted by molar-refractivity contribution is 0.100. The highest BCUT2D eigenvalue weighted by Gasteiger charge is 2.12. The Morgan fingerprint density at radius 1 is 1.00 bits per heavy atom. The Balaban J connectivity index is 1.65. The number of nitrogens with two attached hydrogens (primary N) is 1. The standard InChI is InChI=1S/C20H17N5O/c21-20(26)15-8-4-9-17-16(15)13-23-25(17)19-11-5-10-18(24-19)22-12-14-6-2-1-3-7-14/h1-11,13H,12H2,(H2,21,26)(H,22,24). The van der Waals surface area contributed by atoms with Gasteiger partial charge in [-0.1, -0.05) is 42.5 Å². The van der Waals surface area contributed by atoms with E-state index in [9.17, 15) is 4.79 Å². The summed E-state index contributed by atoms with van der Waals surface area (Å²) in [6.45, 7) is 0.684. The van der Waals surface area contributed by atoms with E-state index in [1.54, 1.807) is 23.0 Å². The van der Waals surface area contributed by atoms with Crippen LogP contribution in [0.1, 0.15) is 15.9 Å². The Hall–Kier alpha value is -3.67. The molecule has 26 heavy (non-hydrogen) atoms. The fraction of sp³-hybridized carbons (Fsp3) is 0.0500. The van der Waals surface area contributed by atoms with Gasteiger partial charge in [0.25, 0.3) is 0 Å². The molecule has 4 rings (SSSR count). The van der Waals surface area contributed by atoms with Crippen LogP contribution >= 0.6 is 0 Å². The predicted octanol–water partition coefficient (Wildman–Crippen LogP) is 3.13. The van der Waals surface area contributed by atoms with Crippen LogP contribution in [0.3, 0.4) is 0 Å². The molecule has 0 atom stereocenters. The molecule has 2 aromatic heterocycles. The van der Waals surface area contributed by atoms with Crippen LogP contribution in [-0.4, -0.2) is 20.7 Å². The topological polar surface area (TPSA) is 85.8 Å². The largest absolute Gasteiger partial charge is 0.366 e. The van der Waals surface area contributed by atoms with E-state index in [0.29, 0.717) is 23.3 Å². The average molecular weight is 343 g/mol. The van der Waals surface area contributed by atoms with E-state index in [2.05, 4.69) is 27.5 Å². The maximum Gasteiger partial charge on any atom is 0.249 e. The maximum atomic E-state index is 11.6. The summed E-state index contributed by atoms with van der Waals surface area (Å²) in [6, 6.07) is 21.2. The number of benzene rings is 2. The van der Waals surface area contributed by atoms with Gasteiger partial charge < -0.3 is 11.1 Å². The molecule has 6 nitrogen and oxygen atoms in total. The number of carbonyl (C=O) groups excluding carboxylic acids is 1. The molecule has 2 aromatic carbocycles. The third kappa shape index (κ3) is 3.00. The highest BCUT2D eigenvalue weighted by molar-refractivity contribution is 6.05. The molecule has 2 heterocycles. The monoisotopic (exact) mass is 343 g/mol. The van der Waals surface area contributed by atoms with E-state index in [0.717, 1.165) is 11.3 Å². The number of carbonyl (C=O) groups is 1. The van der Waals surface area contributed by atoms with E-state index in [1.165, 1.54) is 5.56 Å². The first-order valence-corrected chi connectivity index (χ1v) is 8.24. The number of rotatable bonds is 5. The van der Waals surface area contributed by atoms with Crippen LogP contribution in [0.4, 0.5) is 5.82 Å². The number of aromatic nitrogens is 3. The summed E-state index contributed by atoms with van der Waals surface area (Å²) in [7, 11) is 0. The van der Waals surface area contributed by atoms with Gasteiger partial charge in [0.2, 0.25) is 5.91 Å². The minimum absolute atomic E-state index is 0.451. The van der Waals surface area contributed by atoms with Gasteiger partial charge in [0.05, 0.1) is 17.3 Å². The third-order valence-electron chi connectivity index (χ3n) is 4.15. The van der Waals surface area contributed by atoms with Gasteiger partial charge in [0.15, 0.2) is 5.82 Å². The number of anilines is 1. The van der Waals surface area contributed by atoms with Crippen LogP contribution in [0.2, 0.25) is 0 Å². The maximum absolute atomic E-state index is 11.6. The summed E-state index contributed by atoms with van der Waals surface area (Å²) in [6.07, 6.45) is 1.64. The zero-order valence-electron chi connectivity index (χ0n) is 14.0. The Labute approximate surface area is 150 Å². The van der Waals surface area contributed by atoms with Crippen molar-refractivity contribution in [2.75, 3.05) is 5.32 Å². The lowest BCUT2D eigenvalue weighted by Crippen LogP contribution is -2.11. The van der Waals surface area contributed by atoms with Crippen LogP contribution in [0.5, 0.6) is 0 Å². The number of pyridine rings is 1. The lowest BCUT2D eigenvalue weighted by Gasteiger charge is -2.08.